The maximum Gasteiger partial charge on any atom is 0.338 e. The number of carbonyl (C=O) groups is 2. The van der Waals surface area contributed by atoms with Gasteiger partial charge in [-0.05, 0) is 121 Å². The average molecular weight is 593 g/mol. The van der Waals surface area contributed by atoms with Gasteiger partial charge in [0.1, 0.15) is 11.9 Å². The number of allylic oxidation sites excluding steroid dienone is 2. The molecule has 1 aromatic carbocycles. The van der Waals surface area contributed by atoms with Crippen LogP contribution in [-0.2, 0) is 9.53 Å². The van der Waals surface area contributed by atoms with Crippen molar-refractivity contribution < 1.29 is 29.6 Å². The van der Waals surface area contributed by atoms with Crippen LogP contribution in [0.3, 0.4) is 0 Å². The standard InChI is InChI=1S/C37H52O6/c1-32(2)18-19-37(31(41)42)17-14-26-34(5)15-12-25-33(3,4)29(43-30(40)22-8-10-23(38)11-9-22)24(39)20-36(25,7)27(34)13-16-35(26,6)28(37)21-32/h8-11,14,24-25,27-29,38-39H,12-13,15-21H2,1-7H3,(H,41,42)/t24-,25+,27+,28?,29+,34+,35-,36+,37-/m1/s1. The second-order valence-corrected chi connectivity index (χ2v) is 17.2. The zero-order chi connectivity index (χ0) is 31.4. The van der Waals surface area contributed by atoms with Gasteiger partial charge in [-0.15, -0.1) is 0 Å². The summed E-state index contributed by atoms with van der Waals surface area (Å²) in [5.74, 6) is -0.249. The van der Waals surface area contributed by atoms with Gasteiger partial charge >= 0.3 is 11.9 Å². The first-order valence-electron chi connectivity index (χ1n) is 16.5. The van der Waals surface area contributed by atoms with E-state index in [1.165, 1.54) is 17.7 Å². The Hall–Kier alpha value is -2.34. The number of carbonyl (C=O) groups excluding carboxylic acids is 1. The molecule has 0 radical (unpaired) electrons. The fourth-order valence-corrected chi connectivity index (χ4v) is 12.0. The molecule has 236 valence electrons. The Kier molecular flexibility index (Phi) is 6.83. The molecule has 0 aromatic heterocycles. The minimum absolute atomic E-state index is 0.0597. The van der Waals surface area contributed by atoms with E-state index in [1.807, 2.05) is 0 Å². The second kappa shape index (κ2) is 9.58. The van der Waals surface area contributed by atoms with Crippen molar-refractivity contribution in [1.29, 1.82) is 0 Å². The van der Waals surface area contributed by atoms with Crippen molar-refractivity contribution in [2.45, 2.75) is 118 Å². The first-order valence-corrected chi connectivity index (χ1v) is 16.5. The molecular formula is C37H52O6. The van der Waals surface area contributed by atoms with Crippen LogP contribution in [-0.4, -0.2) is 39.5 Å². The molecule has 4 fully saturated rings. The molecular weight excluding hydrogens is 540 g/mol. The zero-order valence-electron chi connectivity index (χ0n) is 27.2. The lowest BCUT2D eigenvalue weighted by atomic mass is 9.34. The summed E-state index contributed by atoms with van der Waals surface area (Å²) < 4.78 is 6.08. The van der Waals surface area contributed by atoms with Crippen LogP contribution in [0.15, 0.2) is 35.9 Å². The maximum atomic E-state index is 13.1. The van der Waals surface area contributed by atoms with E-state index in [-0.39, 0.29) is 39.2 Å². The van der Waals surface area contributed by atoms with Gasteiger partial charge in [0.15, 0.2) is 0 Å². The van der Waals surface area contributed by atoms with E-state index in [4.69, 9.17) is 4.74 Å². The lowest BCUT2D eigenvalue weighted by Gasteiger charge is -2.70. The predicted molar refractivity (Wildman–Crippen MR) is 165 cm³/mol. The Morgan fingerprint density at radius 2 is 1.42 bits per heavy atom. The summed E-state index contributed by atoms with van der Waals surface area (Å²) in [6, 6.07) is 6.06. The highest BCUT2D eigenvalue weighted by Gasteiger charge is 2.69. The van der Waals surface area contributed by atoms with Gasteiger partial charge < -0.3 is 20.1 Å². The number of phenolic OH excluding ortho intramolecular Hbond substituents is 1. The quantitative estimate of drug-likeness (QED) is 0.245. The van der Waals surface area contributed by atoms with E-state index in [0.29, 0.717) is 24.3 Å². The van der Waals surface area contributed by atoms with Gasteiger partial charge in [-0.3, -0.25) is 4.79 Å². The number of aliphatic hydroxyl groups excluding tert-OH is 1. The van der Waals surface area contributed by atoms with Gasteiger partial charge in [-0.1, -0.05) is 60.1 Å². The molecule has 0 saturated heterocycles. The number of phenols is 1. The van der Waals surface area contributed by atoms with Crippen LogP contribution in [0.2, 0.25) is 0 Å². The van der Waals surface area contributed by atoms with Crippen LogP contribution in [0.4, 0.5) is 0 Å². The first-order chi connectivity index (χ1) is 19.9. The fourth-order valence-electron chi connectivity index (χ4n) is 12.0. The van der Waals surface area contributed by atoms with E-state index in [0.717, 1.165) is 44.9 Å². The van der Waals surface area contributed by atoms with Crippen LogP contribution >= 0.6 is 0 Å². The van der Waals surface area contributed by atoms with Gasteiger partial charge in [-0.25, -0.2) is 4.79 Å². The summed E-state index contributed by atoms with van der Waals surface area (Å²) in [5.41, 5.74) is 0.536. The maximum absolute atomic E-state index is 13.1. The second-order valence-electron chi connectivity index (χ2n) is 17.2. The minimum atomic E-state index is -0.785. The van der Waals surface area contributed by atoms with Crippen molar-refractivity contribution >= 4 is 11.9 Å². The summed E-state index contributed by atoms with van der Waals surface area (Å²) in [5, 5.41) is 32.0. The Bertz CT molecular complexity index is 1340. The van der Waals surface area contributed by atoms with Crippen LogP contribution in [0, 0.1) is 50.2 Å². The number of aliphatic hydroxyl groups is 1. The lowest BCUT2D eigenvalue weighted by molar-refractivity contribution is -0.219. The van der Waals surface area contributed by atoms with E-state index in [2.05, 4.69) is 54.5 Å². The van der Waals surface area contributed by atoms with E-state index < -0.39 is 35.0 Å². The summed E-state index contributed by atoms with van der Waals surface area (Å²) >= 11 is 0. The van der Waals surface area contributed by atoms with Crippen molar-refractivity contribution in [3.63, 3.8) is 0 Å². The van der Waals surface area contributed by atoms with Crippen molar-refractivity contribution in [3.05, 3.63) is 41.5 Å². The normalized spacial score (nSPS) is 44.5. The van der Waals surface area contributed by atoms with E-state index >= 15 is 0 Å². The summed E-state index contributed by atoms with van der Waals surface area (Å²) in [6.07, 6.45) is 8.82. The number of ether oxygens (including phenoxy) is 1. The average Bonchev–Trinajstić information content (AvgIpc) is 2.90. The van der Waals surface area contributed by atoms with Crippen molar-refractivity contribution in [2.24, 2.45) is 50.2 Å². The molecule has 3 N–H and O–H groups in total. The third-order valence-corrected chi connectivity index (χ3v) is 14.0. The highest BCUT2D eigenvalue weighted by molar-refractivity contribution is 5.89. The number of benzene rings is 1. The molecule has 0 spiro atoms. The van der Waals surface area contributed by atoms with E-state index in [1.54, 1.807) is 12.1 Å². The largest absolute Gasteiger partial charge is 0.508 e. The first kappa shape index (κ1) is 30.7. The van der Waals surface area contributed by atoms with Gasteiger partial charge in [-0.2, -0.15) is 0 Å². The van der Waals surface area contributed by atoms with Crippen molar-refractivity contribution in [2.75, 3.05) is 0 Å². The van der Waals surface area contributed by atoms with Crippen LogP contribution in [0.5, 0.6) is 5.75 Å². The molecule has 1 unspecified atom stereocenters. The molecule has 5 aliphatic carbocycles. The topological polar surface area (TPSA) is 104 Å². The Labute approximate surface area is 257 Å². The fraction of sp³-hybridized carbons (Fsp3) is 0.730. The predicted octanol–water partition coefficient (Wildman–Crippen LogP) is 7.77. The molecule has 6 rings (SSSR count). The summed E-state index contributed by atoms with van der Waals surface area (Å²) in [7, 11) is 0. The molecule has 5 aliphatic rings. The van der Waals surface area contributed by atoms with Crippen molar-refractivity contribution in [1.82, 2.24) is 0 Å². The third kappa shape index (κ3) is 4.28. The number of aliphatic carboxylic acids is 1. The molecule has 0 bridgehead atoms. The smallest absolute Gasteiger partial charge is 0.338 e. The van der Waals surface area contributed by atoms with Gasteiger partial charge in [0.2, 0.25) is 0 Å². The van der Waals surface area contributed by atoms with E-state index in [9.17, 15) is 24.9 Å². The molecule has 1 aromatic rings. The monoisotopic (exact) mass is 592 g/mol. The lowest BCUT2D eigenvalue weighted by Crippen LogP contribution is -2.66. The van der Waals surface area contributed by atoms with Crippen LogP contribution in [0.1, 0.15) is 117 Å². The highest BCUT2D eigenvalue weighted by Crippen LogP contribution is 2.75. The SMILES string of the molecule is CC1(C)CC[C@]2(C(=O)O)CC=C3[C@]4(C)CC[C@H]5C(C)(C)[C@@H](OC(=O)c6ccc(O)cc6)[C@H](O)C[C@]5(C)[C@H]4CC[C@@]3(C)C2C1. The van der Waals surface area contributed by atoms with Crippen LogP contribution < -0.4 is 0 Å². The summed E-state index contributed by atoms with van der Waals surface area (Å²) in [4.78, 5) is 26.1. The van der Waals surface area contributed by atoms with Gasteiger partial charge in [0.05, 0.1) is 17.1 Å². The third-order valence-electron chi connectivity index (χ3n) is 14.0. The molecule has 6 heteroatoms. The van der Waals surface area contributed by atoms with Gasteiger partial charge in [0.25, 0.3) is 0 Å². The Morgan fingerprint density at radius 3 is 2.05 bits per heavy atom. The number of fused-ring (bicyclic) bond motifs is 7. The van der Waals surface area contributed by atoms with Crippen LogP contribution in [0.25, 0.3) is 0 Å². The molecule has 0 aliphatic heterocycles. The highest BCUT2D eigenvalue weighted by atomic mass is 16.6. The molecule has 0 heterocycles. The number of rotatable bonds is 3. The number of hydrogen-bond acceptors (Lipinski definition) is 5. The molecule has 43 heavy (non-hydrogen) atoms. The minimum Gasteiger partial charge on any atom is -0.508 e. The molecule has 4 saturated carbocycles. The molecule has 0 amide bonds. The summed E-state index contributed by atoms with van der Waals surface area (Å²) in [6.45, 7) is 16.2. The molecule has 9 atom stereocenters. The number of hydrogen-bond donors (Lipinski definition) is 3. The Morgan fingerprint density at radius 1 is 0.814 bits per heavy atom. The number of aromatic hydroxyl groups is 1. The number of carboxylic acids is 1. The number of esters is 1. The number of carboxylic acid groups (broad SMARTS) is 1. The molecule has 6 nitrogen and oxygen atoms in total. The van der Waals surface area contributed by atoms with Crippen molar-refractivity contribution in [3.8, 4) is 5.75 Å². The van der Waals surface area contributed by atoms with Gasteiger partial charge in [0, 0.05) is 5.41 Å². The zero-order valence-corrected chi connectivity index (χ0v) is 27.2. The Balaban J connectivity index is 1.32.